The highest BCUT2D eigenvalue weighted by atomic mass is 16.7. The van der Waals surface area contributed by atoms with Gasteiger partial charge < -0.3 is 25.7 Å². The molecule has 0 aromatic heterocycles. The van der Waals surface area contributed by atoms with Gasteiger partial charge in [0.2, 0.25) is 12.5 Å². The Hall–Kier alpha value is -1.72. The van der Waals surface area contributed by atoms with Gasteiger partial charge in [-0.2, -0.15) is 0 Å². The Morgan fingerprint density at radius 3 is 2.94 bits per heavy atom. The van der Waals surface area contributed by atoms with Gasteiger partial charge in [-0.3, -0.25) is 0 Å². The van der Waals surface area contributed by atoms with Crippen molar-refractivity contribution in [3.63, 3.8) is 0 Å². The topological polar surface area (TPSA) is 79.7 Å². The smallest absolute Gasteiger partial charge is 0.231 e. The van der Waals surface area contributed by atoms with Crippen molar-refractivity contribution in [2.45, 2.75) is 6.04 Å². The van der Waals surface area contributed by atoms with Gasteiger partial charge >= 0.3 is 0 Å². The zero-order chi connectivity index (χ0) is 12.4. The number of rotatable bonds is 4. The van der Waals surface area contributed by atoms with E-state index in [2.05, 4.69) is 6.58 Å². The molecule has 1 atom stereocenters. The molecule has 0 unspecified atom stereocenters. The summed E-state index contributed by atoms with van der Waals surface area (Å²) in [4.78, 5) is 0. The molecule has 4 N–H and O–H groups in total. The fourth-order valence-corrected chi connectivity index (χ4v) is 1.92. The van der Waals surface area contributed by atoms with Gasteiger partial charge in [-0.25, -0.2) is 0 Å². The summed E-state index contributed by atoms with van der Waals surface area (Å²) in [6.07, 6.45) is 1.70. The Labute approximate surface area is 99.9 Å². The van der Waals surface area contributed by atoms with Crippen molar-refractivity contribution in [3.8, 4) is 17.2 Å². The lowest BCUT2D eigenvalue weighted by Crippen LogP contribution is -2.22. The first-order valence-corrected chi connectivity index (χ1v) is 5.31. The molecule has 0 saturated carbocycles. The zero-order valence-corrected chi connectivity index (χ0v) is 9.73. The van der Waals surface area contributed by atoms with Crippen molar-refractivity contribution < 1.29 is 14.2 Å². The number of benzene rings is 1. The number of nitrogens with two attached hydrogens (primary N) is 2. The van der Waals surface area contributed by atoms with Gasteiger partial charge in [0.25, 0.3) is 0 Å². The Kier molecular flexibility index (Phi) is 3.21. The standard InChI is InChI=1S/C12H16N2O3/c1-3-7-4-9-11(17-6-16-9)12(15-2)10(7)8(14)5-13/h3-4,8H,1,5-6,13-14H2,2H3/t8-/m0/s1. The lowest BCUT2D eigenvalue weighted by Gasteiger charge is -2.18. The first-order chi connectivity index (χ1) is 8.22. The van der Waals surface area contributed by atoms with Gasteiger partial charge in [-0.15, -0.1) is 0 Å². The SMILES string of the molecule is C=Cc1cc2c(c(OC)c1[C@@H](N)CN)OCO2. The minimum absolute atomic E-state index is 0.184. The Morgan fingerprint density at radius 1 is 1.59 bits per heavy atom. The van der Waals surface area contributed by atoms with Crippen molar-refractivity contribution in [2.24, 2.45) is 11.5 Å². The summed E-state index contributed by atoms with van der Waals surface area (Å²) < 4.78 is 16.1. The van der Waals surface area contributed by atoms with Crippen LogP contribution in [-0.2, 0) is 0 Å². The van der Waals surface area contributed by atoms with E-state index in [0.717, 1.165) is 11.1 Å². The van der Waals surface area contributed by atoms with Crippen LogP contribution in [0.3, 0.4) is 0 Å². The zero-order valence-electron chi connectivity index (χ0n) is 9.73. The average Bonchev–Trinajstić information content (AvgIpc) is 2.83. The molecule has 5 heteroatoms. The second kappa shape index (κ2) is 4.65. The fraction of sp³-hybridized carbons (Fsp3) is 0.333. The van der Waals surface area contributed by atoms with Crippen LogP contribution in [0.5, 0.6) is 17.2 Å². The quantitative estimate of drug-likeness (QED) is 0.816. The van der Waals surface area contributed by atoms with Gasteiger partial charge in [-0.05, 0) is 11.6 Å². The first-order valence-electron chi connectivity index (χ1n) is 5.31. The van der Waals surface area contributed by atoms with E-state index in [1.807, 2.05) is 6.07 Å². The monoisotopic (exact) mass is 236 g/mol. The van der Waals surface area contributed by atoms with E-state index in [-0.39, 0.29) is 12.8 Å². The third-order valence-electron chi connectivity index (χ3n) is 2.74. The van der Waals surface area contributed by atoms with E-state index in [1.54, 1.807) is 13.2 Å². The molecule has 17 heavy (non-hydrogen) atoms. The summed E-state index contributed by atoms with van der Waals surface area (Å²) in [7, 11) is 1.57. The Morgan fingerprint density at radius 2 is 2.35 bits per heavy atom. The average molecular weight is 236 g/mol. The molecule has 0 radical (unpaired) electrons. The van der Waals surface area contributed by atoms with Crippen LogP contribution in [0.25, 0.3) is 6.08 Å². The summed E-state index contributed by atoms with van der Waals surface area (Å²) >= 11 is 0. The van der Waals surface area contributed by atoms with E-state index in [1.165, 1.54) is 0 Å². The van der Waals surface area contributed by atoms with Gasteiger partial charge in [-0.1, -0.05) is 12.7 Å². The lowest BCUT2D eigenvalue weighted by atomic mass is 9.98. The Balaban J connectivity index is 2.65. The van der Waals surface area contributed by atoms with Crippen LogP contribution in [-0.4, -0.2) is 20.4 Å². The van der Waals surface area contributed by atoms with Gasteiger partial charge in [0, 0.05) is 18.2 Å². The predicted octanol–water partition coefficient (Wildman–Crippen LogP) is 1.03. The highest BCUT2D eigenvalue weighted by Gasteiger charge is 2.26. The molecule has 2 rings (SSSR count). The molecule has 0 bridgehead atoms. The molecule has 92 valence electrons. The van der Waals surface area contributed by atoms with Crippen LogP contribution in [0, 0.1) is 0 Å². The molecular formula is C12H16N2O3. The molecular weight excluding hydrogens is 220 g/mol. The molecule has 1 aliphatic rings. The third-order valence-corrected chi connectivity index (χ3v) is 2.74. The second-order valence-electron chi connectivity index (χ2n) is 3.69. The van der Waals surface area contributed by atoms with Crippen LogP contribution < -0.4 is 25.7 Å². The molecule has 1 aromatic carbocycles. The fourth-order valence-electron chi connectivity index (χ4n) is 1.92. The number of ether oxygens (including phenoxy) is 3. The third kappa shape index (κ3) is 1.83. The molecule has 0 saturated heterocycles. The van der Waals surface area contributed by atoms with Crippen molar-refractivity contribution in [2.75, 3.05) is 20.4 Å². The summed E-state index contributed by atoms with van der Waals surface area (Å²) in [5, 5.41) is 0. The van der Waals surface area contributed by atoms with Crippen molar-refractivity contribution >= 4 is 6.08 Å². The summed E-state index contributed by atoms with van der Waals surface area (Å²) in [6.45, 7) is 4.26. The molecule has 0 aliphatic carbocycles. The summed E-state index contributed by atoms with van der Waals surface area (Å²) in [5.41, 5.74) is 13.3. The van der Waals surface area contributed by atoms with Crippen LogP contribution in [0.1, 0.15) is 17.2 Å². The van der Waals surface area contributed by atoms with Crippen molar-refractivity contribution in [1.82, 2.24) is 0 Å². The van der Waals surface area contributed by atoms with Gasteiger partial charge in [0.15, 0.2) is 11.5 Å². The van der Waals surface area contributed by atoms with E-state index >= 15 is 0 Å². The Bertz CT molecular complexity index is 446. The molecule has 1 aliphatic heterocycles. The molecule has 0 amide bonds. The normalized spacial score (nSPS) is 14.5. The lowest BCUT2D eigenvalue weighted by molar-refractivity contribution is 0.171. The van der Waals surface area contributed by atoms with E-state index in [0.29, 0.717) is 23.8 Å². The maximum Gasteiger partial charge on any atom is 0.231 e. The molecule has 1 heterocycles. The van der Waals surface area contributed by atoms with Crippen LogP contribution in [0.4, 0.5) is 0 Å². The predicted molar refractivity (Wildman–Crippen MR) is 65.2 cm³/mol. The second-order valence-corrected chi connectivity index (χ2v) is 3.69. The maximum atomic E-state index is 5.99. The highest BCUT2D eigenvalue weighted by molar-refractivity contribution is 5.68. The minimum Gasteiger partial charge on any atom is -0.492 e. The van der Waals surface area contributed by atoms with Crippen molar-refractivity contribution in [3.05, 3.63) is 23.8 Å². The minimum atomic E-state index is -0.326. The number of methoxy groups -OCH3 is 1. The van der Waals surface area contributed by atoms with E-state index < -0.39 is 0 Å². The van der Waals surface area contributed by atoms with Gasteiger partial charge in [0.1, 0.15) is 0 Å². The number of hydrogen-bond donors (Lipinski definition) is 2. The largest absolute Gasteiger partial charge is 0.492 e. The summed E-state index contributed by atoms with van der Waals surface area (Å²) in [6, 6.07) is 1.51. The molecule has 1 aromatic rings. The molecule has 5 nitrogen and oxygen atoms in total. The number of fused-ring (bicyclic) bond motifs is 1. The van der Waals surface area contributed by atoms with Crippen LogP contribution in [0.2, 0.25) is 0 Å². The van der Waals surface area contributed by atoms with Crippen LogP contribution in [0.15, 0.2) is 12.6 Å². The van der Waals surface area contributed by atoms with Gasteiger partial charge in [0.05, 0.1) is 7.11 Å². The summed E-state index contributed by atoms with van der Waals surface area (Å²) in [5.74, 6) is 1.80. The molecule has 0 spiro atoms. The van der Waals surface area contributed by atoms with Crippen LogP contribution >= 0.6 is 0 Å². The highest BCUT2D eigenvalue weighted by Crippen LogP contribution is 2.46. The van der Waals surface area contributed by atoms with E-state index in [4.69, 9.17) is 25.7 Å². The first kappa shape index (κ1) is 11.8. The maximum absolute atomic E-state index is 5.99. The number of hydrogen-bond acceptors (Lipinski definition) is 5. The van der Waals surface area contributed by atoms with Crippen molar-refractivity contribution in [1.29, 1.82) is 0 Å². The molecule has 0 fully saturated rings. The van der Waals surface area contributed by atoms with E-state index in [9.17, 15) is 0 Å².